The van der Waals surface area contributed by atoms with E-state index in [1.165, 1.54) is 23.1 Å². The van der Waals surface area contributed by atoms with Crippen molar-refractivity contribution in [1.29, 1.82) is 0 Å². The Kier molecular flexibility index (Phi) is 4.72. The number of esters is 1. The summed E-state index contributed by atoms with van der Waals surface area (Å²) in [6, 6.07) is 6.00. The first-order valence-electron chi connectivity index (χ1n) is 6.53. The van der Waals surface area contributed by atoms with Crippen LogP contribution in [0.1, 0.15) is 13.3 Å². The van der Waals surface area contributed by atoms with E-state index >= 15 is 0 Å². The molecule has 0 spiro atoms. The highest BCUT2D eigenvalue weighted by molar-refractivity contribution is 6.00. The van der Waals surface area contributed by atoms with Crippen LogP contribution in [0, 0.1) is 5.92 Å². The lowest BCUT2D eigenvalue weighted by molar-refractivity contribution is -0.147. The minimum Gasteiger partial charge on any atom is -0.466 e. The highest BCUT2D eigenvalue weighted by Gasteiger charge is 2.37. The van der Waals surface area contributed by atoms with Gasteiger partial charge in [0.2, 0.25) is 5.91 Å². The van der Waals surface area contributed by atoms with Crippen LogP contribution in [0.15, 0.2) is 24.3 Å². The van der Waals surface area contributed by atoms with Gasteiger partial charge < -0.3 is 14.4 Å². The zero-order valence-electron chi connectivity index (χ0n) is 11.4. The van der Waals surface area contributed by atoms with Crippen molar-refractivity contribution in [3.05, 3.63) is 24.3 Å². The van der Waals surface area contributed by atoms with Crippen LogP contribution in [0.5, 0.6) is 5.75 Å². The number of para-hydroxylation sites is 2. The van der Waals surface area contributed by atoms with Crippen molar-refractivity contribution in [2.45, 2.75) is 20.0 Å². The number of alkyl halides is 2. The third kappa shape index (κ3) is 3.48. The molecule has 0 radical (unpaired) electrons. The predicted octanol–water partition coefficient (Wildman–Crippen LogP) is 2.20. The van der Waals surface area contributed by atoms with E-state index in [0.29, 0.717) is 0 Å². The Morgan fingerprint density at radius 2 is 2.14 bits per heavy atom. The smallest absolute Gasteiger partial charge is 0.387 e. The van der Waals surface area contributed by atoms with Crippen molar-refractivity contribution in [3.8, 4) is 5.75 Å². The van der Waals surface area contributed by atoms with Crippen molar-refractivity contribution in [2.24, 2.45) is 5.92 Å². The molecule has 1 atom stereocenters. The van der Waals surface area contributed by atoms with Gasteiger partial charge in [-0.3, -0.25) is 9.59 Å². The van der Waals surface area contributed by atoms with Crippen molar-refractivity contribution in [2.75, 3.05) is 18.1 Å². The van der Waals surface area contributed by atoms with E-state index in [-0.39, 0.29) is 36.9 Å². The Hall–Kier alpha value is -2.18. The molecule has 0 unspecified atom stereocenters. The fourth-order valence-electron chi connectivity index (χ4n) is 2.23. The van der Waals surface area contributed by atoms with E-state index in [1.807, 2.05) is 0 Å². The van der Waals surface area contributed by atoms with Gasteiger partial charge in [0.1, 0.15) is 5.75 Å². The van der Waals surface area contributed by atoms with Crippen LogP contribution < -0.4 is 9.64 Å². The van der Waals surface area contributed by atoms with E-state index in [0.717, 1.165) is 0 Å². The number of halogens is 2. The lowest BCUT2D eigenvalue weighted by Crippen LogP contribution is -2.27. The van der Waals surface area contributed by atoms with E-state index < -0.39 is 18.5 Å². The summed E-state index contributed by atoms with van der Waals surface area (Å²) in [7, 11) is 0. The summed E-state index contributed by atoms with van der Waals surface area (Å²) in [4.78, 5) is 25.0. The van der Waals surface area contributed by atoms with Crippen LogP contribution in [-0.2, 0) is 14.3 Å². The van der Waals surface area contributed by atoms with E-state index in [4.69, 9.17) is 4.74 Å². The fraction of sp³-hybridized carbons (Fsp3) is 0.429. The summed E-state index contributed by atoms with van der Waals surface area (Å²) in [5.41, 5.74) is 0.231. The molecule has 1 fully saturated rings. The molecule has 0 aliphatic carbocycles. The molecular weight excluding hydrogens is 284 g/mol. The molecule has 0 bridgehead atoms. The molecule has 0 N–H and O–H groups in total. The van der Waals surface area contributed by atoms with Gasteiger partial charge in [-0.1, -0.05) is 12.1 Å². The van der Waals surface area contributed by atoms with E-state index in [9.17, 15) is 18.4 Å². The molecule has 5 nitrogen and oxygen atoms in total. The van der Waals surface area contributed by atoms with Gasteiger partial charge in [0.15, 0.2) is 0 Å². The average molecular weight is 299 g/mol. The Morgan fingerprint density at radius 1 is 1.43 bits per heavy atom. The van der Waals surface area contributed by atoms with Crippen LogP contribution in [0.2, 0.25) is 0 Å². The van der Waals surface area contributed by atoms with Gasteiger partial charge in [-0.2, -0.15) is 8.78 Å². The van der Waals surface area contributed by atoms with Gasteiger partial charge in [0.05, 0.1) is 18.2 Å². The topological polar surface area (TPSA) is 55.8 Å². The first-order chi connectivity index (χ1) is 10.0. The molecule has 1 aliphatic rings. The molecular formula is C14H15F2NO4. The third-order valence-corrected chi connectivity index (χ3v) is 3.12. The maximum absolute atomic E-state index is 12.4. The maximum atomic E-state index is 12.4. The maximum Gasteiger partial charge on any atom is 0.387 e. The van der Waals surface area contributed by atoms with Gasteiger partial charge in [-0.05, 0) is 19.1 Å². The Morgan fingerprint density at radius 3 is 2.81 bits per heavy atom. The van der Waals surface area contributed by atoms with Gasteiger partial charge >= 0.3 is 12.6 Å². The van der Waals surface area contributed by atoms with Gasteiger partial charge in [0.25, 0.3) is 0 Å². The van der Waals surface area contributed by atoms with Gasteiger partial charge in [0, 0.05) is 13.0 Å². The number of benzene rings is 1. The fourth-order valence-corrected chi connectivity index (χ4v) is 2.23. The molecule has 1 aliphatic heterocycles. The average Bonchev–Trinajstić information content (AvgIpc) is 2.81. The summed E-state index contributed by atoms with van der Waals surface area (Å²) in [5.74, 6) is -1.46. The molecule has 2 rings (SSSR count). The van der Waals surface area contributed by atoms with Crippen molar-refractivity contribution in [3.63, 3.8) is 0 Å². The highest BCUT2D eigenvalue weighted by Crippen LogP contribution is 2.34. The number of carbonyl (C=O) groups is 2. The molecule has 1 heterocycles. The highest BCUT2D eigenvalue weighted by atomic mass is 19.3. The second-order valence-corrected chi connectivity index (χ2v) is 4.50. The number of amides is 1. The summed E-state index contributed by atoms with van der Waals surface area (Å²) in [5, 5.41) is 0. The lowest BCUT2D eigenvalue weighted by Gasteiger charge is -2.19. The summed E-state index contributed by atoms with van der Waals surface area (Å²) < 4.78 is 34.1. The van der Waals surface area contributed by atoms with E-state index in [1.54, 1.807) is 13.0 Å². The van der Waals surface area contributed by atoms with E-state index in [2.05, 4.69) is 4.74 Å². The normalized spacial score (nSPS) is 18.2. The van der Waals surface area contributed by atoms with Crippen molar-refractivity contribution in [1.82, 2.24) is 0 Å². The summed E-state index contributed by atoms with van der Waals surface area (Å²) in [6.45, 7) is -0.974. The first-order valence-corrected chi connectivity index (χ1v) is 6.53. The Balaban J connectivity index is 2.19. The van der Waals surface area contributed by atoms with Crippen LogP contribution in [0.25, 0.3) is 0 Å². The van der Waals surface area contributed by atoms with Gasteiger partial charge in [-0.15, -0.1) is 0 Å². The first kappa shape index (κ1) is 15.2. The molecule has 21 heavy (non-hydrogen) atoms. The third-order valence-electron chi connectivity index (χ3n) is 3.12. The Labute approximate surface area is 120 Å². The van der Waals surface area contributed by atoms with Crippen LogP contribution >= 0.6 is 0 Å². The molecule has 1 aromatic rings. The molecule has 114 valence electrons. The monoisotopic (exact) mass is 299 g/mol. The molecule has 0 saturated carbocycles. The number of ether oxygens (including phenoxy) is 2. The van der Waals surface area contributed by atoms with Crippen LogP contribution in [-0.4, -0.2) is 31.6 Å². The standard InChI is InChI=1S/C14H15F2NO4/c1-2-20-13(19)9-7-12(18)17(8-9)10-5-3-4-6-11(10)21-14(15)16/h3-6,9,14H,2,7-8H2,1H3/t9-/m1/s1. The van der Waals surface area contributed by atoms with Crippen molar-refractivity contribution >= 4 is 17.6 Å². The largest absolute Gasteiger partial charge is 0.466 e. The van der Waals surface area contributed by atoms with Gasteiger partial charge in [-0.25, -0.2) is 0 Å². The Bertz CT molecular complexity index is 535. The second-order valence-electron chi connectivity index (χ2n) is 4.50. The predicted molar refractivity (Wildman–Crippen MR) is 70.2 cm³/mol. The molecule has 7 heteroatoms. The minimum absolute atomic E-state index is 0.00183. The zero-order chi connectivity index (χ0) is 15.4. The number of nitrogens with zero attached hydrogens (tertiary/aromatic N) is 1. The lowest BCUT2D eigenvalue weighted by atomic mass is 10.1. The number of hydrogen-bond acceptors (Lipinski definition) is 4. The number of rotatable bonds is 5. The number of carbonyl (C=O) groups excluding carboxylic acids is 2. The number of anilines is 1. The zero-order valence-corrected chi connectivity index (χ0v) is 11.4. The minimum atomic E-state index is -2.98. The molecule has 1 saturated heterocycles. The van der Waals surface area contributed by atoms with Crippen molar-refractivity contribution < 1.29 is 27.8 Å². The second kappa shape index (κ2) is 6.51. The molecule has 1 amide bonds. The van der Waals surface area contributed by atoms with Crippen LogP contribution in [0.4, 0.5) is 14.5 Å². The quantitative estimate of drug-likeness (QED) is 0.782. The summed E-state index contributed by atoms with van der Waals surface area (Å²) in [6.07, 6.45) is 0.00183. The van der Waals surface area contributed by atoms with Crippen LogP contribution in [0.3, 0.4) is 0 Å². The molecule has 0 aromatic heterocycles. The number of hydrogen-bond donors (Lipinski definition) is 0. The summed E-state index contributed by atoms with van der Waals surface area (Å²) >= 11 is 0. The molecule has 1 aromatic carbocycles. The SMILES string of the molecule is CCOC(=O)[C@@H]1CC(=O)N(c2ccccc2OC(F)F)C1.